The molecule has 0 saturated heterocycles. The summed E-state index contributed by atoms with van der Waals surface area (Å²) in [5.41, 5.74) is 1.37. The van der Waals surface area contributed by atoms with Crippen LogP contribution >= 0.6 is 0 Å². The van der Waals surface area contributed by atoms with E-state index in [4.69, 9.17) is 0 Å². The molecule has 12 heavy (non-hydrogen) atoms. The van der Waals surface area contributed by atoms with Crippen molar-refractivity contribution in [1.82, 2.24) is 4.98 Å². The highest BCUT2D eigenvalue weighted by atomic mass is 15.0. The highest BCUT2D eigenvalue weighted by Gasteiger charge is 2.04. The van der Waals surface area contributed by atoms with E-state index in [1.54, 1.807) is 0 Å². The zero-order valence-electron chi connectivity index (χ0n) is 7.21. The lowest BCUT2D eigenvalue weighted by atomic mass is 10.1. The van der Waals surface area contributed by atoms with Crippen LogP contribution in [0.15, 0.2) is 18.3 Å². The second kappa shape index (κ2) is 3.57. The third kappa shape index (κ3) is 1.58. The molecule has 0 amide bonds. The molecule has 0 radical (unpaired) electrons. The van der Waals surface area contributed by atoms with Crippen molar-refractivity contribution in [1.29, 1.82) is 0 Å². The predicted octanol–water partition coefficient (Wildman–Crippen LogP) is 2.22. The van der Waals surface area contributed by atoms with Crippen LogP contribution in [0.4, 0.5) is 5.82 Å². The molecule has 1 N–H and O–H groups in total. The Labute approximate surface area is 73.0 Å². The molecule has 0 aromatic carbocycles. The number of rotatable bonds is 0. The normalized spacial score (nSPS) is 17.0. The maximum Gasteiger partial charge on any atom is 0.129 e. The molecule has 2 nitrogen and oxygen atoms in total. The van der Waals surface area contributed by atoms with Gasteiger partial charge in [-0.05, 0) is 30.9 Å². The molecule has 0 aliphatic carbocycles. The van der Waals surface area contributed by atoms with Crippen molar-refractivity contribution >= 4 is 5.82 Å². The van der Waals surface area contributed by atoms with Gasteiger partial charge in [-0.1, -0.05) is 12.5 Å². The van der Waals surface area contributed by atoms with Crippen LogP contribution in [0.1, 0.15) is 24.8 Å². The number of pyridine rings is 1. The van der Waals surface area contributed by atoms with Gasteiger partial charge in [0.05, 0.1) is 0 Å². The molecule has 0 unspecified atom stereocenters. The molecule has 0 fully saturated rings. The second-order valence-corrected chi connectivity index (χ2v) is 3.25. The van der Waals surface area contributed by atoms with Crippen molar-refractivity contribution in [3.63, 3.8) is 0 Å². The van der Waals surface area contributed by atoms with E-state index in [1.807, 2.05) is 12.3 Å². The molecule has 1 aliphatic heterocycles. The SMILES string of the molecule is c1cnc2c(c1)CCCCCN2. The highest BCUT2D eigenvalue weighted by molar-refractivity contribution is 5.43. The van der Waals surface area contributed by atoms with E-state index >= 15 is 0 Å². The Bertz CT molecular complexity index is 231. The number of aryl methyl sites for hydroxylation is 1. The van der Waals surface area contributed by atoms with Crippen LogP contribution < -0.4 is 5.32 Å². The first kappa shape index (κ1) is 7.59. The summed E-state index contributed by atoms with van der Waals surface area (Å²) in [6, 6.07) is 4.18. The maximum absolute atomic E-state index is 4.31. The van der Waals surface area contributed by atoms with Gasteiger partial charge in [0.25, 0.3) is 0 Å². The zero-order chi connectivity index (χ0) is 8.23. The quantitative estimate of drug-likeness (QED) is 0.632. The molecule has 2 heteroatoms. The monoisotopic (exact) mass is 162 g/mol. The summed E-state index contributed by atoms with van der Waals surface area (Å²) in [5.74, 6) is 1.09. The van der Waals surface area contributed by atoms with E-state index in [1.165, 1.54) is 31.2 Å². The minimum absolute atomic E-state index is 1.07. The number of hydrogen-bond acceptors (Lipinski definition) is 2. The average Bonchev–Trinajstić information content (AvgIpc) is 2.06. The van der Waals surface area contributed by atoms with Gasteiger partial charge in [0.1, 0.15) is 5.82 Å². The summed E-state index contributed by atoms with van der Waals surface area (Å²) < 4.78 is 0. The summed E-state index contributed by atoms with van der Waals surface area (Å²) in [5, 5.41) is 3.35. The van der Waals surface area contributed by atoms with Gasteiger partial charge in [0, 0.05) is 12.7 Å². The van der Waals surface area contributed by atoms with E-state index in [2.05, 4.69) is 16.4 Å². The number of aromatic nitrogens is 1. The summed E-state index contributed by atoms with van der Waals surface area (Å²) in [7, 11) is 0. The Balaban J connectivity index is 2.24. The lowest BCUT2D eigenvalue weighted by molar-refractivity contribution is 0.683. The molecule has 1 aromatic rings. The van der Waals surface area contributed by atoms with Crippen LogP contribution in [0, 0.1) is 0 Å². The van der Waals surface area contributed by atoms with Crippen molar-refractivity contribution in [3.8, 4) is 0 Å². The van der Waals surface area contributed by atoms with Crippen LogP contribution in [0.3, 0.4) is 0 Å². The molecule has 64 valence electrons. The third-order valence-electron chi connectivity index (χ3n) is 2.31. The predicted molar refractivity (Wildman–Crippen MR) is 50.3 cm³/mol. The van der Waals surface area contributed by atoms with Crippen LogP contribution in [0.5, 0.6) is 0 Å². The fourth-order valence-electron chi connectivity index (χ4n) is 1.62. The molecular formula is C10H14N2. The summed E-state index contributed by atoms with van der Waals surface area (Å²) >= 11 is 0. The molecule has 1 aliphatic rings. The summed E-state index contributed by atoms with van der Waals surface area (Å²) in [6.45, 7) is 1.07. The molecule has 0 bridgehead atoms. The standard InChI is InChI=1S/C10H14N2/c1-2-5-9-6-4-8-12-10(9)11-7-3-1/h4,6,8H,1-3,5,7H2,(H,11,12). The van der Waals surface area contributed by atoms with Gasteiger partial charge < -0.3 is 5.32 Å². The van der Waals surface area contributed by atoms with Crippen molar-refractivity contribution in [2.24, 2.45) is 0 Å². The topological polar surface area (TPSA) is 24.9 Å². The number of fused-ring (bicyclic) bond motifs is 1. The fourth-order valence-corrected chi connectivity index (χ4v) is 1.62. The van der Waals surface area contributed by atoms with E-state index in [-0.39, 0.29) is 0 Å². The average molecular weight is 162 g/mol. The van der Waals surface area contributed by atoms with E-state index in [9.17, 15) is 0 Å². The van der Waals surface area contributed by atoms with Crippen molar-refractivity contribution in [2.75, 3.05) is 11.9 Å². The van der Waals surface area contributed by atoms with Crippen LogP contribution in [0.25, 0.3) is 0 Å². The van der Waals surface area contributed by atoms with Crippen molar-refractivity contribution < 1.29 is 0 Å². The summed E-state index contributed by atoms with van der Waals surface area (Å²) in [4.78, 5) is 4.31. The lowest BCUT2D eigenvalue weighted by Gasteiger charge is -2.13. The second-order valence-electron chi connectivity index (χ2n) is 3.25. The Morgan fingerprint density at radius 2 is 2.25 bits per heavy atom. The maximum atomic E-state index is 4.31. The van der Waals surface area contributed by atoms with Crippen molar-refractivity contribution in [2.45, 2.75) is 25.7 Å². The lowest BCUT2D eigenvalue weighted by Crippen LogP contribution is -2.08. The first-order valence-corrected chi connectivity index (χ1v) is 4.64. The number of nitrogens with one attached hydrogen (secondary N) is 1. The molecule has 1 aromatic heterocycles. The first-order valence-electron chi connectivity index (χ1n) is 4.64. The van der Waals surface area contributed by atoms with Gasteiger partial charge >= 0.3 is 0 Å². The Kier molecular flexibility index (Phi) is 2.26. The summed E-state index contributed by atoms with van der Waals surface area (Å²) in [6.07, 6.45) is 6.95. The minimum Gasteiger partial charge on any atom is -0.370 e. The largest absolute Gasteiger partial charge is 0.370 e. The van der Waals surface area contributed by atoms with Crippen LogP contribution in [-0.2, 0) is 6.42 Å². The van der Waals surface area contributed by atoms with Crippen molar-refractivity contribution in [3.05, 3.63) is 23.9 Å². The third-order valence-corrected chi connectivity index (χ3v) is 2.31. The molecule has 2 rings (SSSR count). The first-order chi connectivity index (χ1) is 5.97. The van der Waals surface area contributed by atoms with E-state index in [0.29, 0.717) is 0 Å². The fraction of sp³-hybridized carbons (Fsp3) is 0.500. The van der Waals surface area contributed by atoms with Crippen LogP contribution in [0.2, 0.25) is 0 Å². The van der Waals surface area contributed by atoms with Gasteiger partial charge in [-0.25, -0.2) is 4.98 Å². The van der Waals surface area contributed by atoms with E-state index < -0.39 is 0 Å². The van der Waals surface area contributed by atoms with Gasteiger partial charge in [-0.15, -0.1) is 0 Å². The zero-order valence-corrected chi connectivity index (χ0v) is 7.21. The number of anilines is 1. The molecular weight excluding hydrogens is 148 g/mol. The molecule has 2 heterocycles. The minimum atomic E-state index is 1.07. The van der Waals surface area contributed by atoms with E-state index in [0.717, 1.165) is 12.4 Å². The van der Waals surface area contributed by atoms with Gasteiger partial charge in [0.2, 0.25) is 0 Å². The Morgan fingerprint density at radius 3 is 3.25 bits per heavy atom. The Hall–Kier alpha value is -1.05. The van der Waals surface area contributed by atoms with Gasteiger partial charge in [-0.2, -0.15) is 0 Å². The van der Waals surface area contributed by atoms with Gasteiger partial charge in [0.15, 0.2) is 0 Å². The molecule has 0 spiro atoms. The highest BCUT2D eigenvalue weighted by Crippen LogP contribution is 2.17. The van der Waals surface area contributed by atoms with Gasteiger partial charge in [-0.3, -0.25) is 0 Å². The smallest absolute Gasteiger partial charge is 0.129 e. The van der Waals surface area contributed by atoms with Crippen LogP contribution in [-0.4, -0.2) is 11.5 Å². The Morgan fingerprint density at radius 1 is 1.25 bits per heavy atom. The molecule has 0 saturated carbocycles. The number of nitrogens with zero attached hydrogens (tertiary/aromatic N) is 1. The molecule has 0 atom stereocenters. The number of hydrogen-bond donors (Lipinski definition) is 1.